The van der Waals surface area contributed by atoms with E-state index in [-0.39, 0.29) is 29.8 Å². The molecular weight excluding hydrogens is 252 g/mol. The van der Waals surface area contributed by atoms with Gasteiger partial charge in [0.15, 0.2) is 5.82 Å². The number of para-hydroxylation sites is 1. The van der Waals surface area contributed by atoms with E-state index in [1.165, 1.54) is 12.1 Å². The van der Waals surface area contributed by atoms with E-state index in [0.29, 0.717) is 5.56 Å². The van der Waals surface area contributed by atoms with Crippen molar-refractivity contribution in [3.05, 3.63) is 28.3 Å². The molecular formula is C10H12N6O3. The van der Waals surface area contributed by atoms with E-state index in [1.807, 2.05) is 0 Å². The summed E-state index contributed by atoms with van der Waals surface area (Å²) in [4.78, 5) is 10.5. The molecule has 0 fully saturated rings. The molecule has 9 heteroatoms. The predicted molar refractivity (Wildman–Crippen MR) is 67.8 cm³/mol. The van der Waals surface area contributed by atoms with E-state index in [9.17, 15) is 10.1 Å². The van der Waals surface area contributed by atoms with Crippen molar-refractivity contribution in [1.82, 2.24) is 14.9 Å². The third kappa shape index (κ3) is 2.12. The monoisotopic (exact) mass is 264 g/mol. The standard InChI is InChI=1S/C10H12N6O3/c1-2-19-8-6(4-3-5-7(8)16(17)18)9-13-14-10(11)15(9)12/h3-5H,2,12H2,1H3,(H2,11,14). The van der Waals surface area contributed by atoms with Crippen LogP contribution in [0.3, 0.4) is 0 Å². The fraction of sp³-hybridized carbons (Fsp3) is 0.200. The Kier molecular flexibility index (Phi) is 3.19. The SMILES string of the molecule is CCOc1c(-c2nnc(N)n2N)cccc1[N+](=O)[O-]. The van der Waals surface area contributed by atoms with Crippen LogP contribution in [0.1, 0.15) is 6.92 Å². The molecule has 0 saturated heterocycles. The van der Waals surface area contributed by atoms with E-state index in [0.717, 1.165) is 4.68 Å². The van der Waals surface area contributed by atoms with Crippen molar-refractivity contribution in [2.45, 2.75) is 6.92 Å². The molecule has 100 valence electrons. The van der Waals surface area contributed by atoms with Gasteiger partial charge in [-0.2, -0.15) is 0 Å². The highest BCUT2D eigenvalue weighted by molar-refractivity contribution is 5.71. The van der Waals surface area contributed by atoms with Gasteiger partial charge in [-0.15, -0.1) is 10.2 Å². The summed E-state index contributed by atoms with van der Waals surface area (Å²) in [5.74, 6) is 5.96. The zero-order valence-corrected chi connectivity index (χ0v) is 10.1. The summed E-state index contributed by atoms with van der Waals surface area (Å²) in [6, 6.07) is 4.46. The van der Waals surface area contributed by atoms with Gasteiger partial charge in [-0.05, 0) is 13.0 Å². The normalized spacial score (nSPS) is 10.4. The van der Waals surface area contributed by atoms with Gasteiger partial charge in [-0.25, -0.2) is 4.68 Å². The number of ether oxygens (including phenoxy) is 1. The molecule has 0 atom stereocenters. The van der Waals surface area contributed by atoms with Gasteiger partial charge < -0.3 is 16.3 Å². The summed E-state index contributed by atoms with van der Waals surface area (Å²) >= 11 is 0. The molecule has 0 saturated carbocycles. The number of nitrogens with two attached hydrogens (primary N) is 2. The minimum absolute atomic E-state index is 0.00366. The second-order valence-electron chi connectivity index (χ2n) is 3.60. The lowest BCUT2D eigenvalue weighted by Gasteiger charge is -2.09. The number of nitro groups is 1. The van der Waals surface area contributed by atoms with Gasteiger partial charge in [-0.3, -0.25) is 10.1 Å². The molecule has 2 rings (SSSR count). The number of aromatic nitrogens is 3. The van der Waals surface area contributed by atoms with E-state index < -0.39 is 4.92 Å². The van der Waals surface area contributed by atoms with Gasteiger partial charge in [0.25, 0.3) is 0 Å². The Morgan fingerprint density at radius 2 is 2.21 bits per heavy atom. The number of hydrogen-bond acceptors (Lipinski definition) is 7. The van der Waals surface area contributed by atoms with Crippen molar-refractivity contribution >= 4 is 11.6 Å². The largest absolute Gasteiger partial charge is 0.487 e. The Labute approximate surface area is 107 Å². The minimum Gasteiger partial charge on any atom is -0.487 e. The Morgan fingerprint density at radius 3 is 2.74 bits per heavy atom. The van der Waals surface area contributed by atoms with Crippen LogP contribution < -0.4 is 16.3 Å². The first kappa shape index (κ1) is 12.6. The van der Waals surface area contributed by atoms with Crippen molar-refractivity contribution in [1.29, 1.82) is 0 Å². The Hall–Kier alpha value is -2.84. The molecule has 2 aromatic rings. The molecule has 1 heterocycles. The summed E-state index contributed by atoms with van der Waals surface area (Å²) in [5, 5.41) is 18.4. The molecule has 1 aromatic carbocycles. The smallest absolute Gasteiger partial charge is 0.311 e. The topological polar surface area (TPSA) is 135 Å². The Morgan fingerprint density at radius 1 is 1.47 bits per heavy atom. The number of hydrogen-bond donors (Lipinski definition) is 2. The lowest BCUT2D eigenvalue weighted by Crippen LogP contribution is -2.14. The van der Waals surface area contributed by atoms with Gasteiger partial charge in [0.1, 0.15) is 0 Å². The lowest BCUT2D eigenvalue weighted by molar-refractivity contribution is -0.385. The maximum atomic E-state index is 11.0. The Balaban J connectivity index is 2.66. The van der Waals surface area contributed by atoms with Crippen molar-refractivity contribution in [2.75, 3.05) is 18.2 Å². The second kappa shape index (κ2) is 4.80. The van der Waals surface area contributed by atoms with Gasteiger partial charge >= 0.3 is 5.69 Å². The quantitative estimate of drug-likeness (QED) is 0.467. The molecule has 19 heavy (non-hydrogen) atoms. The van der Waals surface area contributed by atoms with Crippen LogP contribution >= 0.6 is 0 Å². The maximum Gasteiger partial charge on any atom is 0.311 e. The van der Waals surface area contributed by atoms with Gasteiger partial charge in [0.2, 0.25) is 11.7 Å². The Bertz CT molecular complexity index is 624. The number of nitrogens with zero attached hydrogens (tertiary/aromatic N) is 4. The zero-order valence-electron chi connectivity index (χ0n) is 10.1. The average molecular weight is 264 g/mol. The number of anilines is 1. The van der Waals surface area contributed by atoms with E-state index in [4.69, 9.17) is 16.3 Å². The molecule has 0 aliphatic rings. The molecule has 9 nitrogen and oxygen atoms in total. The van der Waals surface area contributed by atoms with E-state index in [1.54, 1.807) is 13.0 Å². The van der Waals surface area contributed by atoms with Crippen molar-refractivity contribution in [3.63, 3.8) is 0 Å². The van der Waals surface area contributed by atoms with Crippen LogP contribution in [-0.4, -0.2) is 26.4 Å². The summed E-state index contributed by atoms with van der Waals surface area (Å²) in [6.07, 6.45) is 0. The third-order valence-electron chi connectivity index (χ3n) is 2.44. The van der Waals surface area contributed by atoms with Gasteiger partial charge in [0, 0.05) is 6.07 Å². The number of nitro benzene ring substituents is 1. The molecule has 0 spiro atoms. The van der Waals surface area contributed by atoms with Crippen LogP contribution in [0.15, 0.2) is 18.2 Å². The summed E-state index contributed by atoms with van der Waals surface area (Å²) < 4.78 is 6.37. The summed E-state index contributed by atoms with van der Waals surface area (Å²) in [6.45, 7) is 1.99. The molecule has 1 aromatic heterocycles. The first-order chi connectivity index (χ1) is 9.06. The summed E-state index contributed by atoms with van der Waals surface area (Å²) in [5.41, 5.74) is 5.69. The fourth-order valence-electron chi connectivity index (χ4n) is 1.63. The van der Waals surface area contributed by atoms with Crippen LogP contribution in [0.2, 0.25) is 0 Å². The highest BCUT2D eigenvalue weighted by Crippen LogP contribution is 2.36. The van der Waals surface area contributed by atoms with Crippen LogP contribution in [0, 0.1) is 10.1 Å². The van der Waals surface area contributed by atoms with Crippen LogP contribution in [0.5, 0.6) is 5.75 Å². The highest BCUT2D eigenvalue weighted by atomic mass is 16.6. The highest BCUT2D eigenvalue weighted by Gasteiger charge is 2.23. The first-order valence-electron chi connectivity index (χ1n) is 5.42. The van der Waals surface area contributed by atoms with Crippen LogP contribution in [-0.2, 0) is 0 Å². The molecule has 0 unspecified atom stereocenters. The van der Waals surface area contributed by atoms with Crippen LogP contribution in [0.4, 0.5) is 11.6 Å². The number of benzene rings is 1. The van der Waals surface area contributed by atoms with Gasteiger partial charge in [0.05, 0.1) is 17.1 Å². The van der Waals surface area contributed by atoms with E-state index >= 15 is 0 Å². The van der Waals surface area contributed by atoms with Crippen molar-refractivity contribution < 1.29 is 9.66 Å². The van der Waals surface area contributed by atoms with Gasteiger partial charge in [-0.1, -0.05) is 6.07 Å². The first-order valence-corrected chi connectivity index (χ1v) is 5.42. The maximum absolute atomic E-state index is 11.0. The molecule has 4 N–H and O–H groups in total. The lowest BCUT2D eigenvalue weighted by atomic mass is 10.1. The van der Waals surface area contributed by atoms with E-state index in [2.05, 4.69) is 10.2 Å². The number of rotatable bonds is 4. The molecule has 0 aliphatic heterocycles. The minimum atomic E-state index is -0.533. The molecule has 0 radical (unpaired) electrons. The zero-order chi connectivity index (χ0) is 14.0. The second-order valence-corrected chi connectivity index (χ2v) is 3.60. The molecule has 0 amide bonds. The average Bonchev–Trinajstić information content (AvgIpc) is 2.70. The van der Waals surface area contributed by atoms with Crippen molar-refractivity contribution in [3.8, 4) is 17.1 Å². The molecule has 0 bridgehead atoms. The van der Waals surface area contributed by atoms with Crippen LogP contribution in [0.25, 0.3) is 11.4 Å². The molecule has 0 aliphatic carbocycles. The third-order valence-corrected chi connectivity index (χ3v) is 2.44. The van der Waals surface area contributed by atoms with Crippen molar-refractivity contribution in [2.24, 2.45) is 0 Å². The number of nitrogen functional groups attached to an aromatic ring is 2. The predicted octanol–water partition coefficient (Wildman–Crippen LogP) is 0.548. The summed E-state index contributed by atoms with van der Waals surface area (Å²) in [7, 11) is 0. The fourth-order valence-corrected chi connectivity index (χ4v) is 1.63.